The molecule has 0 saturated heterocycles. The first kappa shape index (κ1) is 28.3. The minimum Gasteiger partial charge on any atom is -0.351 e. The highest BCUT2D eigenvalue weighted by Crippen LogP contribution is 2.32. The molecular weight excluding hydrogens is 505 g/mol. The molecule has 2 N–H and O–H groups in total. The number of nitrogens with zero attached hydrogens (tertiary/aromatic N) is 1. The smallest absolute Gasteiger partial charge is 0.351 e. The molecule has 198 valence electrons. The summed E-state index contributed by atoms with van der Waals surface area (Å²) < 4.78 is 68.9. The lowest BCUT2D eigenvalue weighted by Crippen LogP contribution is -2.29. The summed E-state index contributed by atoms with van der Waals surface area (Å²) in [5.41, 5.74) is 2.99. The summed E-state index contributed by atoms with van der Waals surface area (Å²) >= 11 is 0. The van der Waals surface area contributed by atoms with Crippen LogP contribution in [0.1, 0.15) is 53.4 Å². The molecule has 1 amide bonds. The van der Waals surface area contributed by atoms with Crippen LogP contribution in [-0.4, -0.2) is 36.2 Å². The van der Waals surface area contributed by atoms with Gasteiger partial charge in [0.2, 0.25) is 0 Å². The highest BCUT2D eigenvalue weighted by Gasteiger charge is 2.30. The van der Waals surface area contributed by atoms with Gasteiger partial charge in [0.05, 0.1) is 16.9 Å². The van der Waals surface area contributed by atoms with Crippen LogP contribution >= 0.6 is 0 Å². The number of carbonyl (C=O) groups is 1. The minimum absolute atomic E-state index is 0.142. The van der Waals surface area contributed by atoms with Crippen molar-refractivity contribution in [3.8, 4) is 11.1 Å². The van der Waals surface area contributed by atoms with Crippen molar-refractivity contribution >= 4 is 16.0 Å². The van der Waals surface area contributed by atoms with Crippen molar-refractivity contribution in [2.75, 3.05) is 12.3 Å². The standard InChI is InChI=1S/C27H29F3N2O4S/c1-18(2)15-23(16-25-12-9-22(17-32-25)26(33)31-13-14-37(34,35)36)21-5-3-19(4-6-21)20-7-10-24(11-8-20)27(28,29)30/h3-12,17-18,23H,13-16H2,1-2H3,(H,31,33)(H,34,35,36). The Balaban J connectivity index is 1.70. The van der Waals surface area contributed by atoms with Crippen molar-refractivity contribution in [2.45, 2.75) is 38.8 Å². The molecule has 3 rings (SSSR count). The Morgan fingerprint density at radius 1 is 0.973 bits per heavy atom. The van der Waals surface area contributed by atoms with Crippen molar-refractivity contribution in [1.82, 2.24) is 10.3 Å². The third-order valence-electron chi connectivity index (χ3n) is 5.87. The summed E-state index contributed by atoms with van der Waals surface area (Å²) in [6.07, 6.45) is -1.43. The highest BCUT2D eigenvalue weighted by atomic mass is 32.2. The van der Waals surface area contributed by atoms with Crippen LogP contribution in [0.3, 0.4) is 0 Å². The van der Waals surface area contributed by atoms with Gasteiger partial charge in [-0.25, -0.2) is 0 Å². The maximum atomic E-state index is 12.8. The zero-order valence-electron chi connectivity index (χ0n) is 20.5. The number of hydrogen-bond donors (Lipinski definition) is 2. The number of amides is 1. The minimum atomic E-state index is -4.37. The maximum absolute atomic E-state index is 12.8. The van der Waals surface area contributed by atoms with Crippen LogP contribution in [0.5, 0.6) is 0 Å². The molecule has 2 aromatic carbocycles. The van der Waals surface area contributed by atoms with Crippen LogP contribution < -0.4 is 5.32 Å². The molecule has 1 atom stereocenters. The number of alkyl halides is 3. The monoisotopic (exact) mass is 534 g/mol. The van der Waals surface area contributed by atoms with Crippen molar-refractivity contribution < 1.29 is 30.9 Å². The van der Waals surface area contributed by atoms with Gasteiger partial charge in [-0.2, -0.15) is 21.6 Å². The molecular formula is C27H29F3N2O4S. The van der Waals surface area contributed by atoms with Gasteiger partial charge in [-0.1, -0.05) is 50.2 Å². The lowest BCUT2D eigenvalue weighted by atomic mass is 9.86. The van der Waals surface area contributed by atoms with Crippen molar-refractivity contribution in [2.24, 2.45) is 5.92 Å². The Bertz CT molecular complexity index is 1290. The average molecular weight is 535 g/mol. The number of carbonyl (C=O) groups excluding carboxylic acids is 1. The molecule has 10 heteroatoms. The average Bonchev–Trinajstić information content (AvgIpc) is 2.82. The van der Waals surface area contributed by atoms with Crippen molar-refractivity contribution in [3.63, 3.8) is 0 Å². The third-order valence-corrected chi connectivity index (χ3v) is 6.59. The summed E-state index contributed by atoms with van der Waals surface area (Å²) in [7, 11) is -4.16. The van der Waals surface area contributed by atoms with E-state index in [2.05, 4.69) is 24.1 Å². The van der Waals surface area contributed by atoms with E-state index in [1.807, 2.05) is 24.3 Å². The predicted molar refractivity (Wildman–Crippen MR) is 136 cm³/mol. The number of rotatable bonds is 10. The Morgan fingerprint density at radius 2 is 1.57 bits per heavy atom. The van der Waals surface area contributed by atoms with Gasteiger partial charge in [0.1, 0.15) is 0 Å². The van der Waals surface area contributed by atoms with Gasteiger partial charge in [-0.05, 0) is 65.6 Å². The van der Waals surface area contributed by atoms with E-state index in [4.69, 9.17) is 4.55 Å². The molecule has 0 aliphatic rings. The van der Waals surface area contributed by atoms with Gasteiger partial charge in [0, 0.05) is 18.4 Å². The fourth-order valence-corrected chi connectivity index (χ4v) is 4.39. The van der Waals surface area contributed by atoms with Gasteiger partial charge in [0.15, 0.2) is 0 Å². The zero-order chi connectivity index (χ0) is 27.2. The lowest BCUT2D eigenvalue weighted by molar-refractivity contribution is -0.137. The number of benzene rings is 2. The highest BCUT2D eigenvalue weighted by molar-refractivity contribution is 7.85. The number of nitrogens with one attached hydrogen (secondary N) is 1. The van der Waals surface area contributed by atoms with E-state index in [1.165, 1.54) is 18.3 Å². The SMILES string of the molecule is CC(C)CC(Cc1ccc(C(=O)NCCS(=O)(=O)O)cn1)c1ccc(-c2ccc(C(F)(F)F)cc2)cc1. The molecule has 0 aliphatic heterocycles. The first-order chi connectivity index (χ1) is 17.3. The first-order valence-electron chi connectivity index (χ1n) is 11.8. The van der Waals surface area contributed by atoms with Gasteiger partial charge < -0.3 is 5.32 Å². The summed E-state index contributed by atoms with van der Waals surface area (Å²) in [5, 5.41) is 2.42. The van der Waals surface area contributed by atoms with Crippen LogP contribution in [0.4, 0.5) is 13.2 Å². The topological polar surface area (TPSA) is 96.4 Å². The molecule has 0 radical (unpaired) electrons. The van der Waals surface area contributed by atoms with Crippen LogP contribution in [0, 0.1) is 5.92 Å². The maximum Gasteiger partial charge on any atom is 0.416 e. The Morgan fingerprint density at radius 3 is 2.05 bits per heavy atom. The second-order valence-corrected chi connectivity index (χ2v) is 10.9. The van der Waals surface area contributed by atoms with Crippen LogP contribution in [0.25, 0.3) is 11.1 Å². The van der Waals surface area contributed by atoms with Crippen LogP contribution in [-0.2, 0) is 22.7 Å². The van der Waals surface area contributed by atoms with Crippen LogP contribution in [0.15, 0.2) is 66.9 Å². The largest absolute Gasteiger partial charge is 0.416 e. The molecule has 1 aromatic heterocycles. The molecule has 37 heavy (non-hydrogen) atoms. The number of pyridine rings is 1. The van der Waals surface area contributed by atoms with E-state index < -0.39 is 33.5 Å². The van der Waals surface area contributed by atoms with E-state index in [0.29, 0.717) is 17.9 Å². The van der Waals surface area contributed by atoms with E-state index in [-0.39, 0.29) is 18.0 Å². The summed E-state index contributed by atoms with van der Waals surface area (Å²) in [5.74, 6) is -0.505. The third kappa shape index (κ3) is 8.68. The molecule has 0 spiro atoms. The first-order valence-corrected chi connectivity index (χ1v) is 13.4. The zero-order valence-corrected chi connectivity index (χ0v) is 21.3. The van der Waals surface area contributed by atoms with E-state index in [0.717, 1.165) is 35.4 Å². The summed E-state index contributed by atoms with van der Waals surface area (Å²) in [6, 6.07) is 16.2. The van der Waals surface area contributed by atoms with Gasteiger partial charge in [-0.15, -0.1) is 0 Å². The van der Waals surface area contributed by atoms with Gasteiger partial charge in [-0.3, -0.25) is 14.3 Å². The molecule has 3 aromatic rings. The quantitative estimate of drug-likeness (QED) is 0.323. The Kier molecular flexibility index (Phi) is 9.09. The molecule has 1 heterocycles. The molecule has 0 bridgehead atoms. The van der Waals surface area contributed by atoms with E-state index in [9.17, 15) is 26.4 Å². The second kappa shape index (κ2) is 11.9. The molecule has 0 fully saturated rings. The Labute approximate surface area is 214 Å². The molecule has 6 nitrogen and oxygen atoms in total. The lowest BCUT2D eigenvalue weighted by Gasteiger charge is -2.20. The van der Waals surface area contributed by atoms with Gasteiger partial charge in [0.25, 0.3) is 16.0 Å². The van der Waals surface area contributed by atoms with Crippen LogP contribution in [0.2, 0.25) is 0 Å². The second-order valence-electron chi connectivity index (χ2n) is 9.31. The van der Waals surface area contributed by atoms with Crippen molar-refractivity contribution in [3.05, 3.63) is 89.2 Å². The predicted octanol–water partition coefficient (Wildman–Crippen LogP) is 5.76. The van der Waals surface area contributed by atoms with Gasteiger partial charge >= 0.3 is 6.18 Å². The fourth-order valence-electron chi connectivity index (χ4n) is 4.03. The molecule has 0 saturated carbocycles. The van der Waals surface area contributed by atoms with E-state index >= 15 is 0 Å². The van der Waals surface area contributed by atoms with Crippen molar-refractivity contribution in [1.29, 1.82) is 0 Å². The van der Waals surface area contributed by atoms with E-state index in [1.54, 1.807) is 12.1 Å². The normalized spacial score (nSPS) is 12.9. The molecule has 1 unspecified atom stereocenters. The summed E-state index contributed by atoms with van der Waals surface area (Å²) in [4.78, 5) is 16.6. The molecule has 0 aliphatic carbocycles. The summed E-state index contributed by atoms with van der Waals surface area (Å²) in [6.45, 7) is 4.03. The number of aromatic nitrogens is 1. The fraction of sp³-hybridized carbons (Fsp3) is 0.333. The number of halogens is 3. The number of hydrogen-bond acceptors (Lipinski definition) is 4. The Hall–Kier alpha value is -3.24.